The molecule has 17 heavy (non-hydrogen) atoms. The third kappa shape index (κ3) is 2.19. The summed E-state index contributed by atoms with van der Waals surface area (Å²) in [5, 5.41) is 15.7. The smallest absolute Gasteiger partial charge is 0.417 e. The van der Waals surface area contributed by atoms with E-state index < -0.39 is 24.1 Å². The maximum atomic E-state index is 12.4. The number of carbonyl (C=O) groups is 1. The van der Waals surface area contributed by atoms with E-state index in [1.54, 1.807) is 0 Å². The first-order valence-electron chi connectivity index (χ1n) is 4.50. The number of pyridine rings is 1. The van der Waals surface area contributed by atoms with Crippen molar-refractivity contribution in [2.75, 3.05) is 0 Å². The van der Waals surface area contributed by atoms with E-state index in [-0.39, 0.29) is 11.5 Å². The average molecular weight is 245 g/mol. The summed E-state index contributed by atoms with van der Waals surface area (Å²) in [6.07, 6.45) is -4.19. The summed E-state index contributed by atoms with van der Waals surface area (Å²) in [5.41, 5.74) is -0.703. The van der Waals surface area contributed by atoms with Gasteiger partial charge in [0.25, 0.3) is 0 Å². The summed E-state index contributed by atoms with van der Waals surface area (Å²) in [6, 6.07) is 2.01. The van der Waals surface area contributed by atoms with Crippen LogP contribution in [0.25, 0.3) is 5.65 Å². The number of aliphatic carboxylic acids is 1. The number of carboxylic acid groups (broad SMARTS) is 1. The van der Waals surface area contributed by atoms with Gasteiger partial charge in [-0.1, -0.05) is 0 Å². The first-order valence-corrected chi connectivity index (χ1v) is 4.50. The van der Waals surface area contributed by atoms with Crippen LogP contribution >= 0.6 is 0 Å². The lowest BCUT2D eigenvalue weighted by molar-refractivity contribution is -0.138. The Labute approximate surface area is 92.5 Å². The van der Waals surface area contributed by atoms with Crippen LogP contribution in [0.5, 0.6) is 0 Å². The van der Waals surface area contributed by atoms with Gasteiger partial charge in [-0.25, -0.2) is 0 Å². The first-order chi connectivity index (χ1) is 7.88. The summed E-state index contributed by atoms with van der Waals surface area (Å²) in [7, 11) is 0. The van der Waals surface area contributed by atoms with Crippen LogP contribution in [-0.4, -0.2) is 25.7 Å². The van der Waals surface area contributed by atoms with Crippen molar-refractivity contribution in [3.05, 3.63) is 29.7 Å². The van der Waals surface area contributed by atoms with Gasteiger partial charge in [-0.2, -0.15) is 13.2 Å². The van der Waals surface area contributed by atoms with E-state index in [1.165, 1.54) is 0 Å². The Hall–Kier alpha value is -2.12. The lowest BCUT2D eigenvalue weighted by Gasteiger charge is -2.06. The molecule has 0 aliphatic carbocycles. The fraction of sp³-hybridized carbons (Fsp3) is 0.222. The largest absolute Gasteiger partial charge is 0.481 e. The molecule has 0 saturated heterocycles. The van der Waals surface area contributed by atoms with Crippen molar-refractivity contribution >= 4 is 11.6 Å². The normalized spacial score (nSPS) is 11.9. The van der Waals surface area contributed by atoms with Crippen LogP contribution in [0.3, 0.4) is 0 Å². The van der Waals surface area contributed by atoms with E-state index in [2.05, 4.69) is 10.2 Å². The van der Waals surface area contributed by atoms with Crippen molar-refractivity contribution in [1.82, 2.24) is 14.6 Å². The number of fused-ring (bicyclic) bond motifs is 1. The van der Waals surface area contributed by atoms with E-state index in [0.29, 0.717) is 0 Å². The minimum absolute atomic E-state index is 0.0430. The minimum atomic E-state index is -4.49. The monoisotopic (exact) mass is 245 g/mol. The Bertz CT molecular complexity index is 576. The van der Waals surface area contributed by atoms with Gasteiger partial charge in [0.1, 0.15) is 12.2 Å². The summed E-state index contributed by atoms with van der Waals surface area (Å²) in [6.45, 7) is 0. The third-order valence-electron chi connectivity index (χ3n) is 2.11. The van der Waals surface area contributed by atoms with Crippen LogP contribution in [0.15, 0.2) is 18.3 Å². The molecule has 5 nitrogen and oxygen atoms in total. The molecule has 0 aromatic carbocycles. The molecule has 8 heteroatoms. The molecule has 0 aliphatic heterocycles. The molecule has 0 atom stereocenters. The highest BCUT2D eigenvalue weighted by Gasteiger charge is 2.31. The molecule has 0 bridgehead atoms. The highest BCUT2D eigenvalue weighted by molar-refractivity contribution is 5.69. The topological polar surface area (TPSA) is 67.5 Å². The predicted molar refractivity (Wildman–Crippen MR) is 49.3 cm³/mol. The van der Waals surface area contributed by atoms with Crippen LogP contribution in [0.1, 0.15) is 11.4 Å². The second-order valence-corrected chi connectivity index (χ2v) is 3.33. The van der Waals surface area contributed by atoms with E-state index in [4.69, 9.17) is 5.11 Å². The molecule has 90 valence electrons. The zero-order valence-electron chi connectivity index (χ0n) is 8.27. The predicted octanol–water partition coefficient (Wildman–Crippen LogP) is 1.38. The molecule has 0 aliphatic rings. The number of halogens is 3. The van der Waals surface area contributed by atoms with Crippen molar-refractivity contribution in [2.24, 2.45) is 0 Å². The van der Waals surface area contributed by atoms with Gasteiger partial charge in [-0.3, -0.25) is 9.20 Å². The number of carboxylic acids is 1. The van der Waals surface area contributed by atoms with E-state index in [1.807, 2.05) is 0 Å². The zero-order valence-corrected chi connectivity index (χ0v) is 8.27. The average Bonchev–Trinajstić information content (AvgIpc) is 2.59. The molecule has 0 fully saturated rings. The number of nitrogens with zero attached hydrogens (tertiary/aromatic N) is 3. The van der Waals surface area contributed by atoms with Crippen molar-refractivity contribution in [2.45, 2.75) is 12.6 Å². The highest BCUT2D eigenvalue weighted by Crippen LogP contribution is 2.29. The standard InChI is InChI=1S/C9H6F3N3O2/c10-9(11,12)5-1-2-6-13-14-7(3-8(16)17)15(6)4-5/h1-2,4H,3H2,(H,16,17). The number of aromatic nitrogens is 3. The Balaban J connectivity index is 2.54. The SMILES string of the molecule is O=C(O)Cc1nnc2ccc(C(F)(F)F)cn12. The van der Waals surface area contributed by atoms with Gasteiger partial charge in [0.05, 0.1) is 5.56 Å². The maximum absolute atomic E-state index is 12.4. The first kappa shape index (κ1) is 11.4. The fourth-order valence-corrected chi connectivity index (χ4v) is 1.36. The molecule has 0 amide bonds. The fourth-order valence-electron chi connectivity index (χ4n) is 1.36. The van der Waals surface area contributed by atoms with E-state index in [0.717, 1.165) is 22.7 Å². The summed E-state index contributed by atoms with van der Waals surface area (Å²) < 4.78 is 38.4. The molecule has 2 rings (SSSR count). The summed E-state index contributed by atoms with van der Waals surface area (Å²) >= 11 is 0. The number of rotatable bonds is 2. The lowest BCUT2D eigenvalue weighted by Crippen LogP contribution is -2.09. The van der Waals surface area contributed by atoms with Gasteiger partial charge >= 0.3 is 12.1 Å². The Kier molecular flexibility index (Phi) is 2.49. The summed E-state index contributed by atoms with van der Waals surface area (Å²) in [5.74, 6) is -1.23. The summed E-state index contributed by atoms with van der Waals surface area (Å²) in [4.78, 5) is 10.5. The zero-order chi connectivity index (χ0) is 12.6. The number of hydrogen-bond acceptors (Lipinski definition) is 3. The van der Waals surface area contributed by atoms with Crippen LogP contribution in [0.2, 0.25) is 0 Å². The van der Waals surface area contributed by atoms with Crippen LogP contribution in [0.4, 0.5) is 13.2 Å². The molecule has 2 aromatic rings. The number of alkyl halides is 3. The van der Waals surface area contributed by atoms with Crippen LogP contribution in [-0.2, 0) is 17.4 Å². The molecular weight excluding hydrogens is 239 g/mol. The second kappa shape index (κ2) is 3.72. The lowest BCUT2D eigenvalue weighted by atomic mass is 10.2. The quantitative estimate of drug-likeness (QED) is 0.867. The van der Waals surface area contributed by atoms with E-state index in [9.17, 15) is 18.0 Å². The van der Waals surface area contributed by atoms with Gasteiger partial charge in [0.15, 0.2) is 5.65 Å². The van der Waals surface area contributed by atoms with Crippen molar-refractivity contribution in [1.29, 1.82) is 0 Å². The third-order valence-corrected chi connectivity index (χ3v) is 2.11. The number of hydrogen-bond donors (Lipinski definition) is 1. The van der Waals surface area contributed by atoms with Gasteiger partial charge in [0, 0.05) is 6.20 Å². The maximum Gasteiger partial charge on any atom is 0.417 e. The van der Waals surface area contributed by atoms with Crippen molar-refractivity contribution in [3.8, 4) is 0 Å². The molecular formula is C9H6F3N3O2. The molecule has 0 saturated carbocycles. The molecule has 2 aromatic heterocycles. The second-order valence-electron chi connectivity index (χ2n) is 3.33. The Morgan fingerprint density at radius 2 is 2.06 bits per heavy atom. The van der Waals surface area contributed by atoms with Crippen molar-refractivity contribution in [3.63, 3.8) is 0 Å². The Morgan fingerprint density at radius 3 is 2.65 bits per heavy atom. The molecule has 1 N–H and O–H groups in total. The van der Waals surface area contributed by atoms with Gasteiger partial charge < -0.3 is 5.11 Å². The van der Waals surface area contributed by atoms with Crippen LogP contribution < -0.4 is 0 Å². The van der Waals surface area contributed by atoms with Gasteiger partial charge in [-0.15, -0.1) is 10.2 Å². The molecule has 0 radical (unpaired) electrons. The van der Waals surface area contributed by atoms with Crippen molar-refractivity contribution < 1.29 is 23.1 Å². The van der Waals surface area contributed by atoms with Gasteiger partial charge in [0.2, 0.25) is 0 Å². The highest BCUT2D eigenvalue weighted by atomic mass is 19.4. The molecule has 2 heterocycles. The van der Waals surface area contributed by atoms with Gasteiger partial charge in [-0.05, 0) is 12.1 Å². The Morgan fingerprint density at radius 1 is 1.35 bits per heavy atom. The minimum Gasteiger partial charge on any atom is -0.481 e. The van der Waals surface area contributed by atoms with E-state index >= 15 is 0 Å². The van der Waals surface area contributed by atoms with Crippen LogP contribution in [0, 0.1) is 0 Å². The molecule has 0 spiro atoms. The molecule has 0 unspecified atom stereocenters.